The number of halogens is 1. The van der Waals surface area contributed by atoms with Crippen LogP contribution in [-0.4, -0.2) is 18.1 Å². The zero-order chi connectivity index (χ0) is 15.6. The topological polar surface area (TPSA) is 28.2 Å². The highest BCUT2D eigenvalue weighted by Gasteiger charge is 2.11. The predicted octanol–water partition coefficient (Wildman–Crippen LogP) is 4.36. The highest BCUT2D eigenvalue weighted by molar-refractivity contribution is 7.11. The summed E-state index contributed by atoms with van der Waals surface area (Å²) in [5.41, 5.74) is 2.46. The summed E-state index contributed by atoms with van der Waals surface area (Å²) in [6.07, 6.45) is 0. The maximum Gasteiger partial charge on any atom is 0.148 e. The maximum atomic E-state index is 14.2. The molecule has 2 aromatic rings. The van der Waals surface area contributed by atoms with E-state index in [2.05, 4.69) is 10.3 Å². The fraction of sp³-hybridized carbons (Fsp3) is 0.438. The van der Waals surface area contributed by atoms with E-state index < -0.39 is 0 Å². The van der Waals surface area contributed by atoms with Crippen LogP contribution in [0.25, 0.3) is 0 Å². The van der Waals surface area contributed by atoms with Crippen LogP contribution in [0.2, 0.25) is 0 Å². The van der Waals surface area contributed by atoms with Gasteiger partial charge in [0.1, 0.15) is 5.82 Å². The molecule has 0 aliphatic heterocycles. The number of aryl methyl sites for hydroxylation is 2. The number of benzene rings is 1. The third kappa shape index (κ3) is 3.73. The van der Waals surface area contributed by atoms with Gasteiger partial charge in [0.2, 0.25) is 0 Å². The zero-order valence-corrected chi connectivity index (χ0v) is 14.0. The van der Waals surface area contributed by atoms with Gasteiger partial charge in [0.05, 0.1) is 22.9 Å². The zero-order valence-electron chi connectivity index (χ0n) is 13.2. The minimum absolute atomic E-state index is 0.201. The van der Waals surface area contributed by atoms with Crippen molar-refractivity contribution in [2.75, 3.05) is 17.3 Å². The van der Waals surface area contributed by atoms with Crippen molar-refractivity contribution in [3.05, 3.63) is 39.6 Å². The summed E-state index contributed by atoms with van der Waals surface area (Å²) < 4.78 is 14.2. The van der Waals surface area contributed by atoms with Crippen molar-refractivity contribution in [2.24, 2.45) is 0 Å². The van der Waals surface area contributed by atoms with Crippen molar-refractivity contribution in [1.82, 2.24) is 4.98 Å². The van der Waals surface area contributed by atoms with Crippen molar-refractivity contribution in [3.8, 4) is 0 Å². The Morgan fingerprint density at radius 2 is 2.05 bits per heavy atom. The Morgan fingerprint density at radius 1 is 1.33 bits per heavy atom. The van der Waals surface area contributed by atoms with E-state index in [9.17, 15) is 4.39 Å². The molecule has 0 saturated carbocycles. The maximum absolute atomic E-state index is 14.2. The van der Waals surface area contributed by atoms with Gasteiger partial charge >= 0.3 is 0 Å². The van der Waals surface area contributed by atoms with E-state index in [-0.39, 0.29) is 11.9 Å². The highest BCUT2D eigenvalue weighted by atomic mass is 32.1. The Kier molecular flexibility index (Phi) is 4.83. The third-order valence-electron chi connectivity index (χ3n) is 3.55. The second-order valence-electron chi connectivity index (χ2n) is 5.47. The van der Waals surface area contributed by atoms with Crippen LogP contribution in [0.4, 0.5) is 15.8 Å². The monoisotopic (exact) mass is 307 g/mol. The lowest BCUT2D eigenvalue weighted by molar-refractivity contribution is 0.614. The predicted molar refractivity (Wildman–Crippen MR) is 88.9 cm³/mol. The minimum atomic E-state index is -0.201. The minimum Gasteiger partial charge on any atom is -0.380 e. The van der Waals surface area contributed by atoms with Gasteiger partial charge in [-0.1, -0.05) is 0 Å². The molecule has 1 aromatic carbocycles. The van der Waals surface area contributed by atoms with Gasteiger partial charge in [-0.3, -0.25) is 0 Å². The fourth-order valence-corrected chi connectivity index (χ4v) is 2.98. The van der Waals surface area contributed by atoms with E-state index in [1.54, 1.807) is 17.4 Å². The number of nitrogens with zero attached hydrogens (tertiary/aromatic N) is 2. The lowest BCUT2D eigenvalue weighted by Crippen LogP contribution is -2.26. The molecule has 0 spiro atoms. The number of hydrogen-bond acceptors (Lipinski definition) is 4. The van der Waals surface area contributed by atoms with Crippen LogP contribution < -0.4 is 10.2 Å². The number of anilines is 2. The van der Waals surface area contributed by atoms with Gasteiger partial charge in [-0.05, 0) is 45.9 Å². The molecule has 0 unspecified atom stereocenters. The van der Waals surface area contributed by atoms with E-state index in [4.69, 9.17) is 0 Å². The molecule has 21 heavy (non-hydrogen) atoms. The largest absolute Gasteiger partial charge is 0.380 e. The normalized spacial score (nSPS) is 11.0. The SMILES string of the molecule is Cc1nc(C)c(CNc2ccc(N(C)C(C)C)c(F)c2)s1. The van der Waals surface area contributed by atoms with E-state index >= 15 is 0 Å². The van der Waals surface area contributed by atoms with Gasteiger partial charge in [0, 0.05) is 23.7 Å². The average Bonchev–Trinajstić information content (AvgIpc) is 2.74. The molecule has 3 nitrogen and oxygen atoms in total. The summed E-state index contributed by atoms with van der Waals surface area (Å²) in [4.78, 5) is 7.51. The van der Waals surface area contributed by atoms with E-state index in [1.807, 2.05) is 51.8 Å². The van der Waals surface area contributed by atoms with Crippen molar-refractivity contribution in [1.29, 1.82) is 0 Å². The molecule has 0 aliphatic carbocycles. The Labute approximate surface area is 129 Å². The number of thiazole rings is 1. The Hall–Kier alpha value is -1.62. The summed E-state index contributed by atoms with van der Waals surface area (Å²) in [5, 5.41) is 4.32. The molecule has 0 fully saturated rings. The van der Waals surface area contributed by atoms with Crippen molar-refractivity contribution >= 4 is 22.7 Å². The van der Waals surface area contributed by atoms with Gasteiger partial charge in [0.15, 0.2) is 0 Å². The Balaban J connectivity index is 2.08. The smallest absolute Gasteiger partial charge is 0.148 e. The van der Waals surface area contributed by atoms with Crippen molar-refractivity contribution < 1.29 is 4.39 Å². The highest BCUT2D eigenvalue weighted by Crippen LogP contribution is 2.24. The van der Waals surface area contributed by atoms with Crippen LogP contribution in [0.5, 0.6) is 0 Å². The fourth-order valence-electron chi connectivity index (χ4n) is 2.10. The number of nitrogens with one attached hydrogen (secondary N) is 1. The molecule has 0 amide bonds. The second-order valence-corrected chi connectivity index (χ2v) is 6.75. The summed E-state index contributed by atoms with van der Waals surface area (Å²) in [7, 11) is 1.90. The first kappa shape index (κ1) is 15.8. The van der Waals surface area contributed by atoms with E-state index in [0.29, 0.717) is 12.2 Å². The van der Waals surface area contributed by atoms with Crippen molar-refractivity contribution in [2.45, 2.75) is 40.3 Å². The third-order valence-corrected chi connectivity index (χ3v) is 4.63. The molecular formula is C16H22FN3S. The molecule has 1 aromatic heterocycles. The van der Waals surface area contributed by atoms with Gasteiger partial charge < -0.3 is 10.2 Å². The van der Waals surface area contributed by atoms with Crippen LogP contribution >= 0.6 is 11.3 Å². The summed E-state index contributed by atoms with van der Waals surface area (Å²) in [5.74, 6) is -0.201. The molecule has 1 heterocycles. The summed E-state index contributed by atoms with van der Waals surface area (Å²) >= 11 is 1.67. The first-order chi connectivity index (χ1) is 9.88. The standard InChI is InChI=1S/C16H22FN3S/c1-10(2)20(5)15-7-6-13(8-14(15)17)18-9-16-11(3)19-12(4)21-16/h6-8,10,18H,9H2,1-5H3. The lowest BCUT2D eigenvalue weighted by atomic mass is 10.2. The molecule has 0 bridgehead atoms. The first-order valence-electron chi connectivity index (χ1n) is 7.07. The number of aromatic nitrogens is 1. The quantitative estimate of drug-likeness (QED) is 0.890. The Morgan fingerprint density at radius 3 is 2.57 bits per heavy atom. The molecule has 114 valence electrons. The molecule has 1 N–H and O–H groups in total. The Bertz CT molecular complexity index is 622. The molecule has 2 rings (SSSR count). The van der Waals surface area contributed by atoms with E-state index in [0.717, 1.165) is 16.4 Å². The summed E-state index contributed by atoms with van der Waals surface area (Å²) in [6.45, 7) is 8.76. The lowest BCUT2D eigenvalue weighted by Gasteiger charge is -2.24. The van der Waals surface area contributed by atoms with Crippen LogP contribution in [-0.2, 0) is 6.54 Å². The number of rotatable bonds is 5. The van der Waals surface area contributed by atoms with Gasteiger partial charge in [-0.25, -0.2) is 9.37 Å². The number of hydrogen-bond donors (Lipinski definition) is 1. The van der Waals surface area contributed by atoms with Gasteiger partial charge in [-0.2, -0.15) is 0 Å². The van der Waals surface area contributed by atoms with Crippen LogP contribution in [0, 0.1) is 19.7 Å². The average molecular weight is 307 g/mol. The molecule has 0 radical (unpaired) electrons. The summed E-state index contributed by atoms with van der Waals surface area (Å²) in [6, 6.07) is 5.56. The second kappa shape index (κ2) is 6.43. The molecule has 5 heteroatoms. The van der Waals surface area contributed by atoms with Gasteiger partial charge in [0.25, 0.3) is 0 Å². The molecular weight excluding hydrogens is 285 g/mol. The van der Waals surface area contributed by atoms with Crippen LogP contribution in [0.15, 0.2) is 18.2 Å². The molecule has 0 saturated heterocycles. The molecule has 0 aliphatic rings. The van der Waals surface area contributed by atoms with Gasteiger partial charge in [-0.15, -0.1) is 11.3 Å². The van der Waals surface area contributed by atoms with Crippen molar-refractivity contribution in [3.63, 3.8) is 0 Å². The first-order valence-corrected chi connectivity index (χ1v) is 7.89. The van der Waals surface area contributed by atoms with Crippen LogP contribution in [0.3, 0.4) is 0 Å². The van der Waals surface area contributed by atoms with Crippen LogP contribution in [0.1, 0.15) is 29.4 Å². The van der Waals surface area contributed by atoms with E-state index in [1.165, 1.54) is 4.88 Å². The molecule has 0 atom stereocenters.